The molecule has 3 rings (SSSR count). The van der Waals surface area contributed by atoms with E-state index in [4.69, 9.17) is 9.47 Å². The Balaban J connectivity index is 1.93. The number of aromatic amines is 1. The summed E-state index contributed by atoms with van der Waals surface area (Å²) in [6, 6.07) is 0. The topological polar surface area (TPSA) is 114 Å². The SMILES string of the molecule is C/C=C/c1cn(C2OC(CO)C(OC(=O)C3=CN(C)C=CC3)C2(C)C)c(=O)[nH]c1=O. The monoisotopic (exact) mass is 417 g/mol. The average molecular weight is 417 g/mol. The molecule has 162 valence electrons. The van der Waals surface area contributed by atoms with Gasteiger partial charge in [0.15, 0.2) is 0 Å². The summed E-state index contributed by atoms with van der Waals surface area (Å²) in [6.07, 6.45) is 8.01. The summed E-state index contributed by atoms with van der Waals surface area (Å²) in [7, 11) is 1.81. The van der Waals surface area contributed by atoms with E-state index in [-0.39, 0.29) is 0 Å². The molecular formula is C21H27N3O6. The molecule has 0 radical (unpaired) electrons. The number of aliphatic hydroxyl groups is 1. The second-order valence-electron chi connectivity index (χ2n) is 8.02. The summed E-state index contributed by atoms with van der Waals surface area (Å²) in [5, 5.41) is 9.84. The highest BCUT2D eigenvalue weighted by Gasteiger charge is 2.54. The molecule has 3 atom stereocenters. The number of carbonyl (C=O) groups excluding carboxylic acids is 1. The zero-order chi connectivity index (χ0) is 22.1. The molecule has 1 saturated heterocycles. The number of aromatic nitrogens is 2. The van der Waals surface area contributed by atoms with Gasteiger partial charge in [0, 0.05) is 31.3 Å². The smallest absolute Gasteiger partial charge is 0.336 e. The quantitative estimate of drug-likeness (QED) is 0.691. The van der Waals surface area contributed by atoms with E-state index in [0.29, 0.717) is 17.6 Å². The summed E-state index contributed by atoms with van der Waals surface area (Å²) in [5.41, 5.74) is -1.24. The Bertz CT molecular complexity index is 1020. The van der Waals surface area contributed by atoms with Crippen LogP contribution >= 0.6 is 0 Å². The minimum absolute atomic E-state index is 0.291. The van der Waals surface area contributed by atoms with Crippen LogP contribution < -0.4 is 11.2 Å². The molecular weight excluding hydrogens is 390 g/mol. The van der Waals surface area contributed by atoms with Crippen LogP contribution in [-0.4, -0.2) is 51.4 Å². The van der Waals surface area contributed by atoms with Crippen LogP contribution in [0.25, 0.3) is 6.08 Å². The first-order chi connectivity index (χ1) is 14.2. The maximum Gasteiger partial charge on any atom is 0.336 e. The lowest BCUT2D eigenvalue weighted by atomic mass is 9.84. The third-order valence-corrected chi connectivity index (χ3v) is 5.32. The van der Waals surface area contributed by atoms with Crippen molar-refractivity contribution in [3.05, 3.63) is 62.7 Å². The van der Waals surface area contributed by atoms with Crippen LogP contribution in [-0.2, 0) is 14.3 Å². The minimum Gasteiger partial charge on any atom is -0.455 e. The average Bonchev–Trinajstić information content (AvgIpc) is 2.94. The highest BCUT2D eigenvalue weighted by atomic mass is 16.6. The number of hydrogen-bond donors (Lipinski definition) is 2. The van der Waals surface area contributed by atoms with Crippen LogP contribution in [0.3, 0.4) is 0 Å². The first-order valence-electron chi connectivity index (χ1n) is 9.73. The number of allylic oxidation sites excluding steroid dienone is 2. The van der Waals surface area contributed by atoms with Gasteiger partial charge in [-0.2, -0.15) is 0 Å². The fourth-order valence-electron chi connectivity index (χ4n) is 3.81. The number of esters is 1. The predicted octanol–water partition coefficient (Wildman–Crippen LogP) is 1.13. The second kappa shape index (κ2) is 8.45. The minimum atomic E-state index is -0.866. The molecule has 0 spiro atoms. The molecule has 1 aromatic rings. The van der Waals surface area contributed by atoms with Crippen molar-refractivity contribution in [1.82, 2.24) is 14.5 Å². The Hall–Kier alpha value is -2.91. The number of carbonyl (C=O) groups is 1. The van der Waals surface area contributed by atoms with Crippen molar-refractivity contribution in [3.8, 4) is 0 Å². The van der Waals surface area contributed by atoms with Crippen LogP contribution in [0.4, 0.5) is 0 Å². The van der Waals surface area contributed by atoms with Gasteiger partial charge in [0.2, 0.25) is 0 Å². The number of nitrogens with zero attached hydrogens (tertiary/aromatic N) is 2. The lowest BCUT2D eigenvalue weighted by molar-refractivity contribution is -0.152. The van der Waals surface area contributed by atoms with Gasteiger partial charge in [-0.15, -0.1) is 0 Å². The number of ether oxygens (including phenoxy) is 2. The number of rotatable bonds is 5. The van der Waals surface area contributed by atoms with Crippen molar-refractivity contribution in [2.24, 2.45) is 5.41 Å². The van der Waals surface area contributed by atoms with Crippen molar-refractivity contribution in [3.63, 3.8) is 0 Å². The molecule has 2 aliphatic rings. The second-order valence-corrected chi connectivity index (χ2v) is 8.02. The molecule has 2 aliphatic heterocycles. The van der Waals surface area contributed by atoms with E-state index in [0.717, 1.165) is 0 Å². The van der Waals surface area contributed by atoms with Gasteiger partial charge in [-0.25, -0.2) is 9.59 Å². The number of nitrogens with one attached hydrogen (secondary N) is 1. The van der Waals surface area contributed by atoms with Crippen LogP contribution in [0.2, 0.25) is 0 Å². The van der Waals surface area contributed by atoms with E-state index in [1.807, 2.05) is 19.3 Å². The fraction of sp³-hybridized carbons (Fsp3) is 0.476. The van der Waals surface area contributed by atoms with Crippen molar-refractivity contribution in [2.75, 3.05) is 13.7 Å². The van der Waals surface area contributed by atoms with Crippen molar-refractivity contribution >= 4 is 12.0 Å². The van der Waals surface area contributed by atoms with Crippen LogP contribution in [0.5, 0.6) is 0 Å². The van der Waals surface area contributed by atoms with Gasteiger partial charge < -0.3 is 19.5 Å². The van der Waals surface area contributed by atoms with E-state index in [9.17, 15) is 19.5 Å². The first-order valence-corrected chi connectivity index (χ1v) is 9.73. The highest BCUT2D eigenvalue weighted by molar-refractivity contribution is 5.89. The van der Waals surface area contributed by atoms with Crippen molar-refractivity contribution < 1.29 is 19.4 Å². The van der Waals surface area contributed by atoms with Gasteiger partial charge in [0.05, 0.1) is 17.7 Å². The predicted molar refractivity (Wildman–Crippen MR) is 110 cm³/mol. The Kier molecular flexibility index (Phi) is 6.14. The largest absolute Gasteiger partial charge is 0.455 e. The van der Waals surface area contributed by atoms with Gasteiger partial charge in [-0.1, -0.05) is 32.1 Å². The third kappa shape index (κ3) is 4.03. The van der Waals surface area contributed by atoms with E-state index in [2.05, 4.69) is 4.98 Å². The molecule has 0 amide bonds. The molecule has 1 fully saturated rings. The van der Waals surface area contributed by atoms with Crippen LogP contribution in [0, 0.1) is 5.41 Å². The zero-order valence-electron chi connectivity index (χ0n) is 17.5. The van der Waals surface area contributed by atoms with E-state index in [1.54, 1.807) is 44.0 Å². The molecule has 0 aromatic carbocycles. The molecule has 0 aliphatic carbocycles. The maximum absolute atomic E-state index is 12.7. The summed E-state index contributed by atoms with van der Waals surface area (Å²) >= 11 is 0. The Labute approximate surface area is 173 Å². The molecule has 0 saturated carbocycles. The Morgan fingerprint density at radius 2 is 2.17 bits per heavy atom. The van der Waals surface area contributed by atoms with Crippen molar-refractivity contribution in [2.45, 2.75) is 45.6 Å². The van der Waals surface area contributed by atoms with Gasteiger partial charge in [-0.05, 0) is 13.1 Å². The third-order valence-electron chi connectivity index (χ3n) is 5.32. The van der Waals surface area contributed by atoms with Gasteiger partial charge >= 0.3 is 11.7 Å². The van der Waals surface area contributed by atoms with E-state index < -0.39 is 47.7 Å². The fourth-order valence-corrected chi connectivity index (χ4v) is 3.81. The molecule has 9 nitrogen and oxygen atoms in total. The summed E-state index contributed by atoms with van der Waals surface area (Å²) in [6.45, 7) is 4.95. The zero-order valence-corrected chi connectivity index (χ0v) is 17.5. The standard InChI is InChI=1S/C21H27N3O6/c1-5-7-13-11-24(20(28)22-17(13)26)19-21(2,3)16(15(12-25)29-19)30-18(27)14-8-6-9-23(4)10-14/h5-7,9-11,15-16,19,25H,8,12H2,1-4H3,(H,22,26,28)/b7-5+. The number of H-pyrrole nitrogens is 1. The molecule has 2 N–H and O–H groups in total. The maximum atomic E-state index is 12.7. The molecule has 3 heterocycles. The lowest BCUT2D eigenvalue weighted by Gasteiger charge is -2.32. The molecule has 1 aromatic heterocycles. The van der Waals surface area contributed by atoms with Crippen molar-refractivity contribution in [1.29, 1.82) is 0 Å². The molecule has 3 unspecified atom stereocenters. The van der Waals surface area contributed by atoms with Crippen LogP contribution in [0.15, 0.2) is 45.9 Å². The number of aliphatic hydroxyl groups excluding tert-OH is 1. The van der Waals surface area contributed by atoms with E-state index >= 15 is 0 Å². The number of hydrogen-bond acceptors (Lipinski definition) is 7. The molecule has 0 bridgehead atoms. The summed E-state index contributed by atoms with van der Waals surface area (Å²) in [4.78, 5) is 41.3. The normalized spacial score (nSPS) is 25.6. The molecule has 30 heavy (non-hydrogen) atoms. The van der Waals surface area contributed by atoms with Gasteiger partial charge in [0.25, 0.3) is 5.56 Å². The van der Waals surface area contributed by atoms with Gasteiger partial charge in [0.1, 0.15) is 18.4 Å². The Morgan fingerprint density at radius 1 is 1.43 bits per heavy atom. The van der Waals surface area contributed by atoms with Crippen LogP contribution in [0.1, 0.15) is 39.0 Å². The first kappa shape index (κ1) is 21.8. The Morgan fingerprint density at radius 3 is 2.80 bits per heavy atom. The molecule has 9 heteroatoms. The summed E-state index contributed by atoms with van der Waals surface area (Å²) in [5.74, 6) is -0.504. The lowest BCUT2D eigenvalue weighted by Crippen LogP contribution is -2.42. The van der Waals surface area contributed by atoms with E-state index in [1.165, 1.54) is 10.8 Å². The summed E-state index contributed by atoms with van der Waals surface area (Å²) < 4.78 is 13.0. The highest BCUT2D eigenvalue weighted by Crippen LogP contribution is 2.46. The van der Waals surface area contributed by atoms with Gasteiger partial charge in [-0.3, -0.25) is 14.3 Å².